The summed E-state index contributed by atoms with van der Waals surface area (Å²) in [5.74, 6) is 0.723. The number of rotatable bonds is 9. The summed E-state index contributed by atoms with van der Waals surface area (Å²) < 4.78 is 15.6. The van der Waals surface area contributed by atoms with Gasteiger partial charge in [-0.2, -0.15) is 0 Å². The second kappa shape index (κ2) is 8.92. The number of methoxy groups -OCH3 is 1. The Kier molecular flexibility index (Phi) is 7.29. The van der Waals surface area contributed by atoms with E-state index in [1.165, 1.54) is 0 Å². The Morgan fingerprint density at radius 2 is 2.12 bits per heavy atom. The summed E-state index contributed by atoms with van der Waals surface area (Å²) in [6.45, 7) is 2.39. The molecule has 0 saturated heterocycles. The quantitative estimate of drug-likeness (QED) is 0.654. The zero-order valence-electron chi connectivity index (χ0n) is 10.1. The van der Waals surface area contributed by atoms with Crippen molar-refractivity contribution in [3.05, 3.63) is 24.0 Å². The number of hydrogen-bond donors (Lipinski definition) is 1. The van der Waals surface area contributed by atoms with Crippen LogP contribution in [0.15, 0.2) is 18.3 Å². The first-order valence-electron chi connectivity index (χ1n) is 5.62. The number of nitrogens with zero attached hydrogens (tertiary/aromatic N) is 1. The van der Waals surface area contributed by atoms with E-state index in [0.29, 0.717) is 32.1 Å². The maximum atomic E-state index is 8.90. The molecule has 0 fully saturated rings. The molecular formula is C12H19NO4. The minimum Gasteiger partial charge on any atom is -0.493 e. The SMILES string of the molecule is COCCOCCCOc1ccnc(CO)c1. The van der Waals surface area contributed by atoms with Crippen LogP contribution in [-0.4, -0.2) is 43.6 Å². The van der Waals surface area contributed by atoms with Crippen molar-refractivity contribution in [3.63, 3.8) is 0 Å². The van der Waals surface area contributed by atoms with Gasteiger partial charge in [-0.1, -0.05) is 0 Å². The molecule has 0 aliphatic heterocycles. The van der Waals surface area contributed by atoms with Crippen molar-refractivity contribution in [2.75, 3.05) is 33.5 Å². The Morgan fingerprint density at radius 1 is 1.24 bits per heavy atom. The van der Waals surface area contributed by atoms with Crippen molar-refractivity contribution in [1.29, 1.82) is 0 Å². The van der Waals surface area contributed by atoms with Crippen LogP contribution in [-0.2, 0) is 16.1 Å². The minimum atomic E-state index is -0.0721. The summed E-state index contributed by atoms with van der Waals surface area (Å²) in [6.07, 6.45) is 2.44. The molecule has 1 rings (SSSR count). The topological polar surface area (TPSA) is 60.8 Å². The first-order chi connectivity index (χ1) is 8.36. The van der Waals surface area contributed by atoms with E-state index in [0.717, 1.165) is 12.2 Å². The molecule has 0 amide bonds. The van der Waals surface area contributed by atoms with Crippen molar-refractivity contribution in [1.82, 2.24) is 4.98 Å². The van der Waals surface area contributed by atoms with Crippen LogP contribution in [0.2, 0.25) is 0 Å². The van der Waals surface area contributed by atoms with Gasteiger partial charge in [0.1, 0.15) is 5.75 Å². The van der Waals surface area contributed by atoms with Crippen molar-refractivity contribution >= 4 is 0 Å². The normalized spacial score (nSPS) is 10.5. The summed E-state index contributed by atoms with van der Waals surface area (Å²) in [6, 6.07) is 3.50. The van der Waals surface area contributed by atoms with Gasteiger partial charge in [-0.3, -0.25) is 4.98 Å². The molecule has 5 nitrogen and oxygen atoms in total. The van der Waals surface area contributed by atoms with Gasteiger partial charge >= 0.3 is 0 Å². The van der Waals surface area contributed by atoms with Gasteiger partial charge in [-0.05, 0) is 6.07 Å². The highest BCUT2D eigenvalue weighted by molar-refractivity contribution is 5.22. The van der Waals surface area contributed by atoms with E-state index >= 15 is 0 Å². The van der Waals surface area contributed by atoms with E-state index < -0.39 is 0 Å². The molecule has 1 N–H and O–H groups in total. The van der Waals surface area contributed by atoms with Gasteiger partial charge in [0.25, 0.3) is 0 Å². The third-order valence-corrected chi connectivity index (χ3v) is 2.08. The van der Waals surface area contributed by atoms with E-state index in [1.54, 1.807) is 25.4 Å². The molecule has 0 radical (unpaired) electrons. The average Bonchev–Trinajstić information content (AvgIpc) is 2.38. The molecule has 0 atom stereocenters. The molecule has 96 valence electrons. The first kappa shape index (κ1) is 13.9. The average molecular weight is 241 g/mol. The van der Waals surface area contributed by atoms with Crippen LogP contribution in [0.3, 0.4) is 0 Å². The molecule has 0 aliphatic carbocycles. The number of ether oxygens (including phenoxy) is 3. The lowest BCUT2D eigenvalue weighted by molar-refractivity contribution is 0.0644. The fourth-order valence-corrected chi connectivity index (χ4v) is 1.23. The molecule has 0 spiro atoms. The number of aromatic nitrogens is 1. The zero-order chi connectivity index (χ0) is 12.3. The lowest BCUT2D eigenvalue weighted by Gasteiger charge is -2.07. The van der Waals surface area contributed by atoms with Gasteiger partial charge in [0.2, 0.25) is 0 Å². The lowest BCUT2D eigenvalue weighted by Crippen LogP contribution is -2.07. The fourth-order valence-electron chi connectivity index (χ4n) is 1.23. The highest BCUT2D eigenvalue weighted by Gasteiger charge is 1.97. The van der Waals surface area contributed by atoms with Gasteiger partial charge in [0, 0.05) is 32.4 Å². The van der Waals surface area contributed by atoms with E-state index in [1.807, 2.05) is 0 Å². The van der Waals surface area contributed by atoms with Crippen molar-refractivity contribution in [2.45, 2.75) is 13.0 Å². The predicted molar refractivity (Wildman–Crippen MR) is 63.0 cm³/mol. The Balaban J connectivity index is 2.09. The zero-order valence-corrected chi connectivity index (χ0v) is 10.1. The molecular weight excluding hydrogens is 222 g/mol. The maximum absolute atomic E-state index is 8.90. The van der Waals surface area contributed by atoms with Crippen LogP contribution < -0.4 is 4.74 Å². The van der Waals surface area contributed by atoms with E-state index in [2.05, 4.69) is 4.98 Å². The van der Waals surface area contributed by atoms with Crippen LogP contribution in [0.25, 0.3) is 0 Å². The van der Waals surface area contributed by atoms with E-state index in [-0.39, 0.29) is 6.61 Å². The molecule has 0 aromatic carbocycles. The first-order valence-corrected chi connectivity index (χ1v) is 5.62. The third-order valence-electron chi connectivity index (χ3n) is 2.08. The van der Waals surface area contributed by atoms with Gasteiger partial charge in [0.05, 0.1) is 32.1 Å². The van der Waals surface area contributed by atoms with E-state index in [4.69, 9.17) is 19.3 Å². The Bertz CT molecular complexity index is 306. The number of aliphatic hydroxyl groups excluding tert-OH is 1. The summed E-state index contributed by atoms with van der Waals surface area (Å²) in [5.41, 5.74) is 0.610. The van der Waals surface area contributed by atoms with Crippen molar-refractivity contribution < 1.29 is 19.3 Å². The van der Waals surface area contributed by atoms with Gasteiger partial charge < -0.3 is 19.3 Å². The standard InChI is InChI=1S/C12H19NO4/c1-15-7-8-16-5-2-6-17-12-3-4-13-11(9-12)10-14/h3-4,9,14H,2,5-8,10H2,1H3. The smallest absolute Gasteiger partial charge is 0.122 e. The molecule has 0 aliphatic rings. The molecule has 17 heavy (non-hydrogen) atoms. The predicted octanol–water partition coefficient (Wildman–Crippen LogP) is 1.01. The molecule has 0 saturated carbocycles. The van der Waals surface area contributed by atoms with Crippen molar-refractivity contribution in [3.8, 4) is 5.75 Å². The summed E-state index contributed by atoms with van der Waals surface area (Å²) in [5, 5.41) is 8.90. The third kappa shape index (κ3) is 6.21. The highest BCUT2D eigenvalue weighted by Crippen LogP contribution is 2.10. The van der Waals surface area contributed by atoms with Crippen LogP contribution in [0, 0.1) is 0 Å². The van der Waals surface area contributed by atoms with Crippen molar-refractivity contribution in [2.24, 2.45) is 0 Å². The second-order valence-electron chi connectivity index (χ2n) is 3.45. The van der Waals surface area contributed by atoms with Crippen LogP contribution in [0.4, 0.5) is 0 Å². The Morgan fingerprint density at radius 3 is 2.88 bits per heavy atom. The lowest BCUT2D eigenvalue weighted by atomic mass is 10.3. The van der Waals surface area contributed by atoms with Gasteiger partial charge in [-0.25, -0.2) is 0 Å². The fraction of sp³-hybridized carbons (Fsp3) is 0.583. The Labute approximate surface area is 101 Å². The number of hydrogen-bond acceptors (Lipinski definition) is 5. The summed E-state index contributed by atoms with van der Waals surface area (Å²) in [7, 11) is 1.65. The summed E-state index contributed by atoms with van der Waals surface area (Å²) >= 11 is 0. The van der Waals surface area contributed by atoms with E-state index in [9.17, 15) is 0 Å². The molecule has 1 heterocycles. The highest BCUT2D eigenvalue weighted by atomic mass is 16.5. The molecule has 0 bridgehead atoms. The minimum absolute atomic E-state index is 0.0721. The largest absolute Gasteiger partial charge is 0.493 e. The van der Waals surface area contributed by atoms with Crippen LogP contribution >= 0.6 is 0 Å². The van der Waals surface area contributed by atoms with Crippen LogP contribution in [0.1, 0.15) is 12.1 Å². The molecule has 5 heteroatoms. The van der Waals surface area contributed by atoms with Crippen LogP contribution in [0.5, 0.6) is 5.75 Å². The second-order valence-corrected chi connectivity index (χ2v) is 3.45. The van der Waals surface area contributed by atoms with Gasteiger partial charge in [0.15, 0.2) is 0 Å². The molecule has 0 unspecified atom stereocenters. The number of pyridine rings is 1. The number of aliphatic hydroxyl groups is 1. The summed E-state index contributed by atoms with van der Waals surface area (Å²) in [4.78, 5) is 3.97. The van der Waals surface area contributed by atoms with Gasteiger partial charge in [-0.15, -0.1) is 0 Å². The monoisotopic (exact) mass is 241 g/mol. The molecule has 1 aromatic rings. The Hall–Kier alpha value is -1.17. The maximum Gasteiger partial charge on any atom is 0.122 e. The molecule has 1 aromatic heterocycles.